The maximum atomic E-state index is 12.6. The molecular weight excluding hydrogens is 448 g/mol. The predicted molar refractivity (Wildman–Crippen MR) is 120 cm³/mol. The third-order valence-corrected chi connectivity index (χ3v) is 4.30. The van der Waals surface area contributed by atoms with Crippen LogP contribution in [0.2, 0.25) is 0 Å². The second-order valence-corrected chi connectivity index (χ2v) is 6.80. The Morgan fingerprint density at radius 3 is 2.00 bits per heavy atom. The van der Waals surface area contributed by atoms with E-state index in [2.05, 4.69) is 13.2 Å². The number of unbranched alkanes of at least 4 members (excludes halogenated alkanes) is 1. The monoisotopic (exact) mass is 478 g/mol. The van der Waals surface area contributed by atoms with Gasteiger partial charge < -0.3 is 28.8 Å². The summed E-state index contributed by atoms with van der Waals surface area (Å²) in [5.74, 6) is -3.10. The van der Waals surface area contributed by atoms with Crippen LogP contribution in [-0.4, -0.2) is 74.7 Å². The second kappa shape index (κ2) is 17.0. The molecule has 1 aromatic carbocycles. The highest BCUT2D eigenvalue weighted by Crippen LogP contribution is 2.14. The van der Waals surface area contributed by atoms with E-state index < -0.39 is 30.0 Å². The molecule has 0 bridgehead atoms. The summed E-state index contributed by atoms with van der Waals surface area (Å²) < 4.78 is 26.0. The van der Waals surface area contributed by atoms with Gasteiger partial charge in [0, 0.05) is 18.8 Å². The van der Waals surface area contributed by atoms with Crippen molar-refractivity contribution in [3.8, 4) is 0 Å². The van der Waals surface area contributed by atoms with Crippen LogP contribution in [0, 0.1) is 0 Å². The van der Waals surface area contributed by atoms with Crippen LogP contribution in [-0.2, 0) is 33.3 Å². The first-order valence-electron chi connectivity index (χ1n) is 10.7. The summed E-state index contributed by atoms with van der Waals surface area (Å²) in [7, 11) is 0. The van der Waals surface area contributed by atoms with Crippen molar-refractivity contribution in [3.05, 3.63) is 60.7 Å². The Bertz CT molecular complexity index is 833. The molecule has 1 rings (SSSR count). The van der Waals surface area contributed by atoms with E-state index in [1.807, 2.05) is 0 Å². The van der Waals surface area contributed by atoms with Crippen LogP contribution >= 0.6 is 0 Å². The number of rotatable bonds is 18. The molecule has 0 fully saturated rings. The van der Waals surface area contributed by atoms with Gasteiger partial charge in [-0.25, -0.2) is 19.2 Å². The van der Waals surface area contributed by atoms with E-state index >= 15 is 0 Å². The molecule has 1 N–H and O–H groups in total. The predicted octanol–water partition coefficient (Wildman–Crippen LogP) is 2.57. The van der Waals surface area contributed by atoms with Gasteiger partial charge in [-0.1, -0.05) is 25.3 Å². The lowest BCUT2D eigenvalue weighted by molar-refractivity contribution is -0.140. The number of hydrogen-bond donors (Lipinski definition) is 1. The molecule has 0 aliphatic carbocycles. The lowest BCUT2D eigenvalue weighted by atomic mass is 10.1. The Balaban J connectivity index is 2.52. The quantitative estimate of drug-likeness (QED) is 0.145. The molecule has 1 aromatic rings. The lowest BCUT2D eigenvalue weighted by Crippen LogP contribution is -2.26. The average molecular weight is 478 g/mol. The molecule has 186 valence electrons. The maximum Gasteiger partial charge on any atom is 0.339 e. The van der Waals surface area contributed by atoms with Gasteiger partial charge in [0.1, 0.15) is 19.3 Å². The normalized spacial score (nSPS) is 11.2. The Morgan fingerprint density at radius 1 is 0.824 bits per heavy atom. The van der Waals surface area contributed by atoms with E-state index in [1.54, 1.807) is 6.07 Å². The van der Waals surface area contributed by atoms with Crippen LogP contribution in [0.25, 0.3) is 0 Å². The number of carbonyl (C=O) groups excluding carboxylic acids is 3. The molecule has 0 aliphatic rings. The van der Waals surface area contributed by atoms with Crippen molar-refractivity contribution in [2.24, 2.45) is 0 Å². The first-order valence-corrected chi connectivity index (χ1v) is 10.7. The third-order valence-electron chi connectivity index (χ3n) is 4.30. The minimum Gasteiger partial charge on any atom is -0.478 e. The molecule has 0 aliphatic heterocycles. The zero-order valence-corrected chi connectivity index (χ0v) is 18.9. The number of carboxylic acids is 1. The molecule has 1 unspecified atom stereocenters. The van der Waals surface area contributed by atoms with Gasteiger partial charge in [-0.3, -0.25) is 0 Å². The fourth-order valence-electron chi connectivity index (χ4n) is 2.65. The van der Waals surface area contributed by atoms with E-state index in [1.165, 1.54) is 18.2 Å². The zero-order valence-electron chi connectivity index (χ0n) is 18.9. The Hall–Kier alpha value is -3.50. The van der Waals surface area contributed by atoms with Gasteiger partial charge in [0.2, 0.25) is 0 Å². The number of hydrogen-bond acceptors (Lipinski definition) is 9. The van der Waals surface area contributed by atoms with Crippen molar-refractivity contribution in [1.29, 1.82) is 0 Å². The van der Waals surface area contributed by atoms with E-state index in [0.29, 0.717) is 25.9 Å². The lowest BCUT2D eigenvalue weighted by Gasteiger charge is -2.19. The summed E-state index contributed by atoms with van der Waals surface area (Å²) in [6, 6.07) is 5.77. The first-order chi connectivity index (χ1) is 16.4. The summed E-state index contributed by atoms with van der Waals surface area (Å²) in [5, 5.41) is 9.29. The van der Waals surface area contributed by atoms with Crippen molar-refractivity contribution in [3.63, 3.8) is 0 Å². The highest BCUT2D eigenvalue weighted by Gasteiger charge is 2.21. The highest BCUT2D eigenvalue weighted by atomic mass is 16.6. The molecule has 34 heavy (non-hydrogen) atoms. The van der Waals surface area contributed by atoms with Gasteiger partial charge in [0.25, 0.3) is 0 Å². The van der Waals surface area contributed by atoms with Gasteiger partial charge in [0.15, 0.2) is 0 Å². The van der Waals surface area contributed by atoms with Crippen LogP contribution in [0.4, 0.5) is 0 Å². The smallest absolute Gasteiger partial charge is 0.339 e. The van der Waals surface area contributed by atoms with Crippen LogP contribution in [0.3, 0.4) is 0 Å². The van der Waals surface area contributed by atoms with Crippen LogP contribution in [0.1, 0.15) is 40.0 Å². The molecule has 0 aromatic heterocycles. The van der Waals surface area contributed by atoms with Gasteiger partial charge in [-0.2, -0.15) is 0 Å². The molecule has 0 radical (unpaired) electrons. The van der Waals surface area contributed by atoms with E-state index in [4.69, 9.17) is 23.7 Å². The fraction of sp³-hybridized carbons (Fsp3) is 0.417. The number of carbonyl (C=O) groups is 4. The zero-order chi connectivity index (χ0) is 25.2. The summed E-state index contributed by atoms with van der Waals surface area (Å²) >= 11 is 0. The van der Waals surface area contributed by atoms with Crippen LogP contribution < -0.4 is 0 Å². The average Bonchev–Trinajstić information content (AvgIpc) is 2.84. The van der Waals surface area contributed by atoms with Crippen molar-refractivity contribution in [1.82, 2.24) is 0 Å². The van der Waals surface area contributed by atoms with Crippen molar-refractivity contribution >= 4 is 23.9 Å². The first kappa shape index (κ1) is 28.5. The van der Waals surface area contributed by atoms with Gasteiger partial charge in [-0.15, -0.1) is 0 Å². The molecule has 10 nitrogen and oxygen atoms in total. The maximum absolute atomic E-state index is 12.6. The van der Waals surface area contributed by atoms with Crippen molar-refractivity contribution in [2.75, 3.05) is 39.6 Å². The van der Waals surface area contributed by atoms with Gasteiger partial charge in [0.05, 0.1) is 30.9 Å². The van der Waals surface area contributed by atoms with Crippen molar-refractivity contribution in [2.45, 2.75) is 25.4 Å². The largest absolute Gasteiger partial charge is 0.478 e. The topological polar surface area (TPSA) is 135 Å². The molecule has 0 amide bonds. The van der Waals surface area contributed by atoms with Gasteiger partial charge in [-0.05, 0) is 31.4 Å². The second-order valence-electron chi connectivity index (χ2n) is 6.80. The molecule has 10 heteroatoms. The number of ether oxygens (including phenoxy) is 5. The number of benzene rings is 1. The van der Waals surface area contributed by atoms with E-state index in [0.717, 1.165) is 12.2 Å². The number of carboxylic acid groups (broad SMARTS) is 1. The SMILES string of the molecule is C=CC(=O)OCCOCCCCC(COCCOC(=O)C=C)OC(=O)c1ccccc1C(=O)O. The van der Waals surface area contributed by atoms with Crippen LogP contribution in [0.15, 0.2) is 49.6 Å². The molecule has 0 spiro atoms. The standard InChI is InChI=1S/C24H30O10/c1-3-21(25)32-15-13-30-12-8-7-9-18(17-31-14-16-33-22(26)4-2)34-24(29)20-11-6-5-10-19(20)23(27)28/h3-6,10-11,18H,1-2,7-9,12-17H2,(H,27,28). The highest BCUT2D eigenvalue weighted by molar-refractivity contribution is 6.02. The molecule has 0 saturated carbocycles. The number of esters is 3. The van der Waals surface area contributed by atoms with E-state index in [-0.39, 0.29) is 44.2 Å². The molecule has 0 heterocycles. The summed E-state index contributed by atoms with van der Waals surface area (Å²) in [6.07, 6.45) is 3.16. The van der Waals surface area contributed by atoms with Crippen molar-refractivity contribution < 1.29 is 48.0 Å². The fourth-order valence-corrected chi connectivity index (χ4v) is 2.65. The Kier molecular flexibility index (Phi) is 14.3. The Morgan fingerprint density at radius 2 is 1.41 bits per heavy atom. The minimum atomic E-state index is -1.24. The number of aromatic carboxylic acids is 1. The minimum absolute atomic E-state index is 0.0115. The summed E-state index contributed by atoms with van der Waals surface area (Å²) in [6.45, 7) is 7.50. The van der Waals surface area contributed by atoms with Crippen LogP contribution in [0.5, 0.6) is 0 Å². The summed E-state index contributed by atoms with van der Waals surface area (Å²) in [4.78, 5) is 46.0. The third kappa shape index (κ3) is 11.9. The van der Waals surface area contributed by atoms with Gasteiger partial charge >= 0.3 is 23.9 Å². The molecule has 0 saturated heterocycles. The molecular formula is C24H30O10. The molecule has 1 atom stereocenters. The Labute approximate surface area is 198 Å². The summed E-state index contributed by atoms with van der Waals surface area (Å²) in [5.41, 5.74) is -0.216. The van der Waals surface area contributed by atoms with E-state index in [9.17, 15) is 24.3 Å².